The Kier molecular flexibility index (Phi) is 8.24. The van der Waals surface area contributed by atoms with Crippen LogP contribution in [0.15, 0.2) is 58.2 Å². The number of fused-ring (bicyclic) bond motifs is 1. The number of piperidine rings is 2. The van der Waals surface area contributed by atoms with Crippen LogP contribution in [0.1, 0.15) is 61.1 Å². The van der Waals surface area contributed by atoms with Crippen LogP contribution >= 0.6 is 15.9 Å². The third kappa shape index (κ3) is 5.82. The van der Waals surface area contributed by atoms with Gasteiger partial charge in [0, 0.05) is 40.5 Å². The van der Waals surface area contributed by atoms with Gasteiger partial charge in [0.25, 0.3) is 5.91 Å². The number of amides is 1. The van der Waals surface area contributed by atoms with Crippen LogP contribution in [0.2, 0.25) is 0 Å². The van der Waals surface area contributed by atoms with Gasteiger partial charge in [-0.3, -0.25) is 9.69 Å². The lowest BCUT2D eigenvalue weighted by Gasteiger charge is -2.49. The van der Waals surface area contributed by atoms with Crippen LogP contribution < -0.4 is 0 Å². The number of carbonyl (C=O) groups is 1. The minimum Gasteiger partial charge on any atom is -0.507 e. The monoisotopic (exact) mass is 592 g/mol. The Morgan fingerprint density at radius 1 is 1.13 bits per heavy atom. The summed E-state index contributed by atoms with van der Waals surface area (Å²) in [5.41, 5.74) is 4.14. The maximum Gasteiger partial charge on any atom is 0.272 e. The molecule has 7 nitrogen and oxygen atoms in total. The number of rotatable bonds is 6. The van der Waals surface area contributed by atoms with Crippen molar-refractivity contribution in [2.45, 2.75) is 52.0 Å². The minimum atomic E-state index is -0.109. The molecule has 1 amide bonds. The van der Waals surface area contributed by atoms with Crippen molar-refractivity contribution in [3.8, 4) is 5.75 Å². The molecule has 0 radical (unpaired) electrons. The van der Waals surface area contributed by atoms with E-state index in [0.717, 1.165) is 60.1 Å². The second-order valence-electron chi connectivity index (χ2n) is 10.9. The number of nitrogens with zero attached hydrogens (tertiary/aromatic N) is 4. The molecule has 206 valence electrons. The molecule has 0 spiro atoms. The van der Waals surface area contributed by atoms with E-state index < -0.39 is 0 Å². The van der Waals surface area contributed by atoms with Crippen LogP contribution in [0.25, 0.3) is 10.9 Å². The number of para-hydroxylation sites is 1. The molecule has 39 heavy (non-hydrogen) atoms. The number of carbonyl (C=O) groups excluding carboxylic acids is 1. The fourth-order valence-corrected chi connectivity index (χ4v) is 6.23. The molecular weight excluding hydrogens is 556 g/mol. The van der Waals surface area contributed by atoms with Gasteiger partial charge in [-0.2, -0.15) is 0 Å². The SMILES string of the molecule is CCON=C(c1ccc(Br)cc1)C1CCN(C2(C)CCN(C(=O)c3cc(O)c4cccc(C)c4n3)CC2)CC1. The number of hydrogen-bond donors (Lipinski definition) is 1. The van der Waals surface area contributed by atoms with Crippen molar-refractivity contribution in [1.82, 2.24) is 14.8 Å². The Labute approximate surface area is 239 Å². The zero-order valence-corrected chi connectivity index (χ0v) is 24.6. The fourth-order valence-electron chi connectivity index (χ4n) is 5.96. The molecule has 3 aromatic rings. The van der Waals surface area contributed by atoms with Crippen LogP contribution in [0, 0.1) is 12.8 Å². The Hall–Kier alpha value is -2.97. The summed E-state index contributed by atoms with van der Waals surface area (Å²) in [5.74, 6) is 0.351. The first-order valence-corrected chi connectivity index (χ1v) is 14.7. The Bertz CT molecular complexity index is 1360. The van der Waals surface area contributed by atoms with E-state index in [4.69, 9.17) is 4.84 Å². The summed E-state index contributed by atoms with van der Waals surface area (Å²) in [7, 11) is 0. The molecule has 2 fully saturated rings. The molecule has 2 aliphatic heterocycles. The summed E-state index contributed by atoms with van der Waals surface area (Å²) >= 11 is 3.53. The average molecular weight is 594 g/mol. The van der Waals surface area contributed by atoms with Gasteiger partial charge >= 0.3 is 0 Å². The third-order valence-corrected chi connectivity index (χ3v) is 8.97. The summed E-state index contributed by atoms with van der Waals surface area (Å²) in [6, 6.07) is 15.5. The first-order chi connectivity index (χ1) is 18.8. The van der Waals surface area contributed by atoms with Crippen LogP contribution in [-0.4, -0.2) is 69.8 Å². The lowest BCUT2D eigenvalue weighted by atomic mass is 9.82. The molecule has 8 heteroatoms. The Balaban J connectivity index is 1.22. The van der Waals surface area contributed by atoms with Crippen molar-refractivity contribution in [3.63, 3.8) is 0 Å². The highest BCUT2D eigenvalue weighted by molar-refractivity contribution is 9.10. The summed E-state index contributed by atoms with van der Waals surface area (Å²) in [6.07, 6.45) is 3.88. The van der Waals surface area contributed by atoms with E-state index in [1.165, 1.54) is 6.07 Å². The van der Waals surface area contributed by atoms with Gasteiger partial charge in [0.2, 0.25) is 0 Å². The highest BCUT2D eigenvalue weighted by Crippen LogP contribution is 2.35. The highest BCUT2D eigenvalue weighted by Gasteiger charge is 2.39. The van der Waals surface area contributed by atoms with Gasteiger partial charge in [-0.25, -0.2) is 4.98 Å². The summed E-state index contributed by atoms with van der Waals surface area (Å²) in [4.78, 5) is 28.0. The number of aromatic nitrogens is 1. The predicted molar refractivity (Wildman–Crippen MR) is 158 cm³/mol. The van der Waals surface area contributed by atoms with Crippen molar-refractivity contribution in [3.05, 3.63) is 69.8 Å². The molecule has 0 saturated carbocycles. The lowest BCUT2D eigenvalue weighted by Crippen LogP contribution is -2.56. The topological polar surface area (TPSA) is 78.3 Å². The Morgan fingerprint density at radius 3 is 2.49 bits per heavy atom. The molecule has 0 unspecified atom stereocenters. The molecule has 5 rings (SSSR count). The van der Waals surface area contributed by atoms with E-state index >= 15 is 0 Å². The third-order valence-electron chi connectivity index (χ3n) is 8.44. The number of aromatic hydroxyl groups is 1. The van der Waals surface area contributed by atoms with Crippen molar-refractivity contribution in [1.29, 1.82) is 0 Å². The molecule has 1 N–H and O–H groups in total. The molecule has 0 aliphatic carbocycles. The second kappa shape index (κ2) is 11.6. The van der Waals surface area contributed by atoms with Gasteiger partial charge in [-0.1, -0.05) is 45.4 Å². The molecule has 2 saturated heterocycles. The number of pyridine rings is 1. The van der Waals surface area contributed by atoms with E-state index in [0.29, 0.717) is 42.2 Å². The van der Waals surface area contributed by atoms with E-state index in [2.05, 4.69) is 62.2 Å². The number of benzene rings is 2. The maximum atomic E-state index is 13.4. The molecule has 0 bridgehead atoms. The first kappa shape index (κ1) is 27.6. The van der Waals surface area contributed by atoms with E-state index in [1.807, 2.05) is 36.9 Å². The zero-order chi connectivity index (χ0) is 27.6. The molecular formula is C31H37BrN4O3. The number of hydrogen-bond acceptors (Lipinski definition) is 6. The molecule has 1 aromatic heterocycles. The minimum absolute atomic E-state index is 0.0477. The Morgan fingerprint density at radius 2 is 1.82 bits per heavy atom. The molecule has 0 atom stereocenters. The molecule has 3 heterocycles. The van der Waals surface area contributed by atoms with Crippen LogP contribution in [0.3, 0.4) is 0 Å². The van der Waals surface area contributed by atoms with Crippen molar-refractivity contribution in [2.75, 3.05) is 32.8 Å². The predicted octanol–water partition coefficient (Wildman–Crippen LogP) is 6.16. The van der Waals surface area contributed by atoms with Gasteiger partial charge in [0.05, 0.1) is 11.2 Å². The smallest absolute Gasteiger partial charge is 0.272 e. The van der Waals surface area contributed by atoms with Crippen molar-refractivity contribution < 1.29 is 14.7 Å². The van der Waals surface area contributed by atoms with Crippen LogP contribution in [-0.2, 0) is 4.84 Å². The lowest BCUT2D eigenvalue weighted by molar-refractivity contribution is 0.0159. The molecule has 2 aromatic carbocycles. The van der Waals surface area contributed by atoms with Gasteiger partial charge in [0.15, 0.2) is 0 Å². The number of oxime groups is 1. The summed E-state index contributed by atoms with van der Waals surface area (Å²) < 4.78 is 1.05. The van der Waals surface area contributed by atoms with Crippen LogP contribution in [0.5, 0.6) is 5.75 Å². The highest BCUT2D eigenvalue weighted by atomic mass is 79.9. The van der Waals surface area contributed by atoms with Crippen LogP contribution in [0.4, 0.5) is 0 Å². The average Bonchev–Trinajstić information content (AvgIpc) is 2.95. The largest absolute Gasteiger partial charge is 0.507 e. The van der Waals surface area contributed by atoms with Gasteiger partial charge in [0.1, 0.15) is 18.1 Å². The standard InChI is InChI=1S/C31H37BrN4O3/c1-4-39-34-29(22-8-10-24(32)11-9-22)23-12-16-36(17-13-23)31(3)14-18-35(19-15-31)30(38)26-20-27(37)25-7-5-6-21(2)28(25)33-26/h5-11,20,23H,4,12-19H2,1-3H3,(H,33,37). The van der Waals surface area contributed by atoms with Gasteiger partial charge in [-0.05, 0) is 88.9 Å². The first-order valence-electron chi connectivity index (χ1n) is 13.9. The zero-order valence-electron chi connectivity index (χ0n) is 23.0. The number of halogens is 1. The summed E-state index contributed by atoms with van der Waals surface area (Å²) in [5, 5.41) is 15.7. The number of likely N-dealkylation sites (tertiary alicyclic amines) is 2. The normalized spacial score (nSPS) is 18.9. The van der Waals surface area contributed by atoms with E-state index in [1.54, 1.807) is 0 Å². The van der Waals surface area contributed by atoms with Gasteiger partial charge in [-0.15, -0.1) is 0 Å². The molecule has 2 aliphatic rings. The number of aryl methyl sites for hydroxylation is 1. The van der Waals surface area contributed by atoms with Crippen molar-refractivity contribution >= 4 is 38.5 Å². The van der Waals surface area contributed by atoms with Gasteiger partial charge < -0.3 is 14.8 Å². The van der Waals surface area contributed by atoms with Crippen molar-refractivity contribution in [2.24, 2.45) is 11.1 Å². The maximum absolute atomic E-state index is 13.4. The fraction of sp³-hybridized carbons (Fsp3) is 0.452. The second-order valence-corrected chi connectivity index (χ2v) is 11.9. The van der Waals surface area contributed by atoms with E-state index in [9.17, 15) is 9.90 Å². The van der Waals surface area contributed by atoms with E-state index in [-0.39, 0.29) is 17.2 Å². The quantitative estimate of drug-likeness (QED) is 0.274. The summed E-state index contributed by atoms with van der Waals surface area (Å²) in [6.45, 7) is 10.2.